The molecule has 0 saturated heterocycles. The van der Waals surface area contributed by atoms with Gasteiger partial charge in [-0.05, 0) is 41.3 Å². The van der Waals surface area contributed by atoms with E-state index in [0.717, 1.165) is 18.7 Å². The maximum atomic E-state index is 6.55. The van der Waals surface area contributed by atoms with Crippen molar-refractivity contribution in [2.75, 3.05) is 7.05 Å². The van der Waals surface area contributed by atoms with E-state index in [0.29, 0.717) is 10.0 Å². The zero-order chi connectivity index (χ0) is 20.3. The van der Waals surface area contributed by atoms with Gasteiger partial charge in [0.15, 0.2) is 0 Å². The first-order chi connectivity index (χ1) is 13.2. The van der Waals surface area contributed by atoms with Crippen molar-refractivity contribution in [2.45, 2.75) is 45.3 Å². The Morgan fingerprint density at radius 1 is 1.07 bits per heavy atom. The van der Waals surface area contributed by atoms with Crippen molar-refractivity contribution >= 4 is 23.2 Å². The van der Waals surface area contributed by atoms with Crippen molar-refractivity contribution in [3.8, 4) is 0 Å². The smallest absolute Gasteiger partial charge is 0.0946 e. The summed E-state index contributed by atoms with van der Waals surface area (Å²) < 4.78 is 2.08. The fourth-order valence-electron chi connectivity index (χ4n) is 3.35. The highest BCUT2D eigenvalue weighted by Gasteiger charge is 2.21. The van der Waals surface area contributed by atoms with Crippen LogP contribution in [-0.4, -0.2) is 21.5 Å². The first kappa shape index (κ1) is 20.9. The summed E-state index contributed by atoms with van der Waals surface area (Å²) in [5.41, 5.74) is 3.84. The molecule has 3 rings (SSSR count). The Kier molecular flexibility index (Phi) is 6.49. The fraction of sp³-hybridized carbons (Fsp3) is 0.348. The summed E-state index contributed by atoms with van der Waals surface area (Å²) in [6.07, 6.45) is 5.61. The van der Waals surface area contributed by atoms with Gasteiger partial charge in [0.2, 0.25) is 0 Å². The van der Waals surface area contributed by atoms with Gasteiger partial charge in [-0.1, -0.05) is 74.3 Å². The van der Waals surface area contributed by atoms with E-state index in [-0.39, 0.29) is 11.5 Å². The molecule has 2 aromatic carbocycles. The van der Waals surface area contributed by atoms with Crippen LogP contribution in [-0.2, 0) is 18.5 Å². The van der Waals surface area contributed by atoms with E-state index in [1.165, 1.54) is 11.1 Å². The molecule has 1 unspecified atom stereocenters. The summed E-state index contributed by atoms with van der Waals surface area (Å²) in [7, 11) is 2.13. The van der Waals surface area contributed by atoms with Crippen molar-refractivity contribution in [1.29, 1.82) is 0 Å². The zero-order valence-corrected chi connectivity index (χ0v) is 18.4. The quantitative estimate of drug-likeness (QED) is 0.466. The average molecular weight is 416 g/mol. The third-order valence-corrected chi connectivity index (χ3v) is 5.61. The number of aromatic nitrogens is 2. The molecule has 28 heavy (non-hydrogen) atoms. The Morgan fingerprint density at radius 2 is 1.79 bits per heavy atom. The minimum Gasteiger partial charge on any atom is -0.336 e. The fourth-order valence-corrected chi connectivity index (χ4v) is 3.88. The number of likely N-dealkylation sites (N-methyl/N-ethyl adjacent to an activating group) is 1. The highest BCUT2D eigenvalue weighted by molar-refractivity contribution is 6.35. The van der Waals surface area contributed by atoms with Crippen molar-refractivity contribution < 1.29 is 0 Å². The maximum Gasteiger partial charge on any atom is 0.0946 e. The summed E-state index contributed by atoms with van der Waals surface area (Å²) in [6.45, 7) is 8.29. The summed E-state index contributed by atoms with van der Waals surface area (Å²) >= 11 is 12.7. The summed E-state index contributed by atoms with van der Waals surface area (Å²) in [4.78, 5) is 6.49. The second-order valence-corrected chi connectivity index (χ2v) is 9.15. The molecule has 1 aromatic heterocycles. The molecule has 0 amide bonds. The number of rotatable bonds is 6. The van der Waals surface area contributed by atoms with Crippen LogP contribution in [0.1, 0.15) is 43.5 Å². The van der Waals surface area contributed by atoms with Crippen LogP contribution in [0.15, 0.2) is 61.2 Å². The van der Waals surface area contributed by atoms with Crippen LogP contribution in [0.4, 0.5) is 0 Å². The number of halogens is 2. The molecule has 1 heterocycles. The topological polar surface area (TPSA) is 21.1 Å². The van der Waals surface area contributed by atoms with Crippen molar-refractivity contribution in [3.05, 3.63) is 87.9 Å². The standard InChI is InChI=1S/C23H27Cl2N3/c1-23(2,3)18-7-5-17(6-8-18)14-27(4)22(15-28-12-11-26-16-28)20-10-9-19(24)13-21(20)25/h5-13,16,22H,14-15H2,1-4H3. The van der Waals surface area contributed by atoms with E-state index < -0.39 is 0 Å². The minimum atomic E-state index is 0.0984. The molecule has 0 aliphatic carbocycles. The van der Waals surface area contributed by atoms with E-state index in [4.69, 9.17) is 23.2 Å². The van der Waals surface area contributed by atoms with E-state index in [9.17, 15) is 0 Å². The molecule has 3 nitrogen and oxygen atoms in total. The number of hydrogen-bond donors (Lipinski definition) is 0. The van der Waals surface area contributed by atoms with Crippen LogP contribution in [0.3, 0.4) is 0 Å². The Bertz CT molecular complexity index is 897. The second kappa shape index (κ2) is 8.69. The van der Waals surface area contributed by atoms with E-state index >= 15 is 0 Å². The van der Waals surface area contributed by atoms with Gasteiger partial charge in [0.1, 0.15) is 0 Å². The molecule has 148 valence electrons. The van der Waals surface area contributed by atoms with Gasteiger partial charge in [0.05, 0.1) is 12.4 Å². The number of imidazole rings is 1. The molecule has 0 aliphatic heterocycles. The van der Waals surface area contributed by atoms with Crippen LogP contribution in [0, 0.1) is 0 Å². The van der Waals surface area contributed by atoms with Gasteiger partial charge in [-0.2, -0.15) is 0 Å². The predicted octanol–water partition coefficient (Wildman–Crippen LogP) is 6.36. The molecule has 0 saturated carbocycles. The maximum absolute atomic E-state index is 6.55. The lowest BCUT2D eigenvalue weighted by atomic mass is 9.86. The van der Waals surface area contributed by atoms with Crippen molar-refractivity contribution in [3.63, 3.8) is 0 Å². The van der Waals surface area contributed by atoms with Gasteiger partial charge in [-0.25, -0.2) is 4.98 Å². The molecule has 0 N–H and O–H groups in total. The van der Waals surface area contributed by atoms with Crippen LogP contribution in [0.2, 0.25) is 10.0 Å². The molecular formula is C23H27Cl2N3. The first-order valence-electron chi connectivity index (χ1n) is 9.44. The zero-order valence-electron chi connectivity index (χ0n) is 16.9. The number of hydrogen-bond acceptors (Lipinski definition) is 2. The molecule has 1 atom stereocenters. The molecule has 0 spiro atoms. The lowest BCUT2D eigenvalue weighted by Gasteiger charge is -2.30. The van der Waals surface area contributed by atoms with Crippen LogP contribution in [0.25, 0.3) is 0 Å². The highest BCUT2D eigenvalue weighted by atomic mass is 35.5. The van der Waals surface area contributed by atoms with Gasteiger partial charge in [-0.15, -0.1) is 0 Å². The Balaban J connectivity index is 1.84. The van der Waals surface area contributed by atoms with E-state index in [1.54, 1.807) is 6.20 Å². The summed E-state index contributed by atoms with van der Waals surface area (Å²) in [5.74, 6) is 0. The third-order valence-electron chi connectivity index (χ3n) is 5.05. The number of nitrogens with zero attached hydrogens (tertiary/aromatic N) is 3. The van der Waals surface area contributed by atoms with Gasteiger partial charge in [-0.3, -0.25) is 4.90 Å². The summed E-state index contributed by atoms with van der Waals surface area (Å²) in [6, 6.07) is 14.7. The van der Waals surface area contributed by atoms with Gasteiger partial charge in [0.25, 0.3) is 0 Å². The van der Waals surface area contributed by atoms with Gasteiger partial charge >= 0.3 is 0 Å². The molecule has 0 fully saturated rings. The summed E-state index contributed by atoms with van der Waals surface area (Å²) in [5, 5.41) is 1.34. The Hall–Kier alpha value is -1.81. The second-order valence-electron chi connectivity index (χ2n) is 8.30. The highest BCUT2D eigenvalue weighted by Crippen LogP contribution is 2.32. The SMILES string of the molecule is CN(Cc1ccc(C(C)(C)C)cc1)C(Cn1ccnc1)c1ccc(Cl)cc1Cl. The molecular weight excluding hydrogens is 389 g/mol. The molecule has 0 radical (unpaired) electrons. The molecule has 0 bridgehead atoms. The van der Waals surface area contributed by atoms with E-state index in [1.807, 2.05) is 30.7 Å². The molecule has 5 heteroatoms. The van der Waals surface area contributed by atoms with Crippen LogP contribution < -0.4 is 0 Å². The van der Waals surface area contributed by atoms with Gasteiger partial charge in [0, 0.05) is 35.5 Å². The largest absolute Gasteiger partial charge is 0.336 e. The minimum absolute atomic E-state index is 0.0984. The lowest BCUT2D eigenvalue weighted by molar-refractivity contribution is 0.213. The number of benzene rings is 2. The monoisotopic (exact) mass is 415 g/mol. The van der Waals surface area contributed by atoms with Gasteiger partial charge < -0.3 is 4.57 Å². The first-order valence-corrected chi connectivity index (χ1v) is 10.2. The molecule has 3 aromatic rings. The van der Waals surface area contributed by atoms with Crippen LogP contribution >= 0.6 is 23.2 Å². The Labute approximate surface area is 177 Å². The van der Waals surface area contributed by atoms with Crippen LogP contribution in [0.5, 0.6) is 0 Å². The lowest BCUT2D eigenvalue weighted by Crippen LogP contribution is -2.28. The molecule has 0 aliphatic rings. The van der Waals surface area contributed by atoms with Crippen molar-refractivity contribution in [2.24, 2.45) is 0 Å². The normalized spacial score (nSPS) is 13.1. The van der Waals surface area contributed by atoms with E-state index in [2.05, 4.69) is 66.5 Å². The van der Waals surface area contributed by atoms with Crippen molar-refractivity contribution in [1.82, 2.24) is 14.5 Å². The predicted molar refractivity (Wildman–Crippen MR) is 118 cm³/mol. The average Bonchev–Trinajstić information content (AvgIpc) is 3.13. The Morgan fingerprint density at radius 3 is 2.36 bits per heavy atom. The third kappa shape index (κ3) is 5.16.